The topological polar surface area (TPSA) is 23.0 Å². The molecule has 208 valence electrons. The summed E-state index contributed by atoms with van der Waals surface area (Å²) in [5.41, 5.74) is 12.8. The van der Waals surface area contributed by atoms with Crippen LogP contribution in [0.1, 0.15) is 25.0 Å². The Kier molecular flexibility index (Phi) is 4.52. The summed E-state index contributed by atoms with van der Waals surface area (Å²) in [6.07, 6.45) is 0. The average Bonchev–Trinajstić information content (AvgIpc) is 3.77. The molecule has 44 heavy (non-hydrogen) atoms. The number of rotatable bonds is 2. The summed E-state index contributed by atoms with van der Waals surface area (Å²) in [7, 11) is 0. The fraction of sp³-hybridized carbons (Fsp3) is 0.0732. The van der Waals surface area contributed by atoms with Crippen LogP contribution in [0.4, 0.5) is 0 Å². The largest absolute Gasteiger partial charge is 0.454 e. The van der Waals surface area contributed by atoms with Crippen LogP contribution in [0.25, 0.3) is 77.3 Å². The summed E-state index contributed by atoms with van der Waals surface area (Å²) in [4.78, 5) is 0. The maximum absolute atomic E-state index is 6.61. The standard InChI is InChI=1S/C41H28N2O/c1-41(2)32-17-7-3-15-30(32)39-38(41)31-24-25(42-33-18-8-4-12-26(33)27-13-5-9-19-34(27)42)22-23-35(31)43(39)36-20-11-16-29-28-14-6-10-21-37(28)44-40(29)36/h3-24H,1-2H3. The Labute approximate surface area is 254 Å². The van der Waals surface area contributed by atoms with E-state index in [1.807, 2.05) is 6.07 Å². The van der Waals surface area contributed by atoms with E-state index in [-0.39, 0.29) is 5.41 Å². The number of hydrogen-bond donors (Lipinski definition) is 0. The van der Waals surface area contributed by atoms with Gasteiger partial charge in [0.05, 0.1) is 27.9 Å². The smallest absolute Gasteiger partial charge is 0.159 e. The van der Waals surface area contributed by atoms with Crippen LogP contribution >= 0.6 is 0 Å². The van der Waals surface area contributed by atoms with Crippen molar-refractivity contribution in [2.75, 3.05) is 0 Å². The third-order valence-electron chi connectivity index (χ3n) is 9.89. The van der Waals surface area contributed by atoms with Crippen molar-refractivity contribution in [1.29, 1.82) is 0 Å². The molecule has 3 nitrogen and oxygen atoms in total. The molecule has 3 heterocycles. The van der Waals surface area contributed by atoms with Crippen LogP contribution in [0.15, 0.2) is 138 Å². The second-order valence-electron chi connectivity index (χ2n) is 12.6. The molecule has 10 rings (SSSR count). The normalized spacial score (nSPS) is 13.9. The fourth-order valence-electron chi connectivity index (χ4n) is 8.03. The minimum atomic E-state index is -0.170. The summed E-state index contributed by atoms with van der Waals surface area (Å²) in [6, 6.07) is 48.3. The number of furan rings is 1. The average molecular weight is 565 g/mol. The number of para-hydroxylation sites is 4. The number of nitrogens with zero attached hydrogens (tertiary/aromatic N) is 2. The van der Waals surface area contributed by atoms with E-state index in [9.17, 15) is 0 Å². The van der Waals surface area contributed by atoms with E-state index in [1.54, 1.807) is 0 Å². The molecule has 0 aliphatic heterocycles. The number of aromatic nitrogens is 2. The third-order valence-corrected chi connectivity index (χ3v) is 9.89. The first-order valence-corrected chi connectivity index (χ1v) is 15.3. The zero-order chi connectivity index (χ0) is 29.2. The lowest BCUT2D eigenvalue weighted by atomic mass is 9.81. The summed E-state index contributed by atoms with van der Waals surface area (Å²) in [6.45, 7) is 4.74. The molecule has 1 aliphatic rings. The van der Waals surface area contributed by atoms with Crippen LogP contribution in [0.2, 0.25) is 0 Å². The first kappa shape index (κ1) is 24.0. The second-order valence-corrected chi connectivity index (χ2v) is 12.6. The molecule has 0 bridgehead atoms. The van der Waals surface area contributed by atoms with Gasteiger partial charge < -0.3 is 13.6 Å². The first-order chi connectivity index (χ1) is 21.6. The Morgan fingerprint density at radius 1 is 0.523 bits per heavy atom. The summed E-state index contributed by atoms with van der Waals surface area (Å²) < 4.78 is 11.5. The van der Waals surface area contributed by atoms with Crippen LogP contribution in [0.3, 0.4) is 0 Å². The summed E-state index contributed by atoms with van der Waals surface area (Å²) in [5.74, 6) is 0. The van der Waals surface area contributed by atoms with Gasteiger partial charge in [0.25, 0.3) is 0 Å². The highest BCUT2D eigenvalue weighted by atomic mass is 16.3. The van der Waals surface area contributed by atoms with Crippen LogP contribution in [-0.4, -0.2) is 9.13 Å². The van der Waals surface area contributed by atoms with Crippen molar-refractivity contribution in [3.8, 4) is 22.6 Å². The zero-order valence-corrected chi connectivity index (χ0v) is 24.5. The van der Waals surface area contributed by atoms with Crippen molar-refractivity contribution >= 4 is 54.6 Å². The third kappa shape index (κ3) is 2.91. The highest BCUT2D eigenvalue weighted by Crippen LogP contribution is 2.54. The van der Waals surface area contributed by atoms with E-state index >= 15 is 0 Å². The summed E-state index contributed by atoms with van der Waals surface area (Å²) in [5, 5.41) is 6.10. The molecular weight excluding hydrogens is 536 g/mol. The lowest BCUT2D eigenvalue weighted by Gasteiger charge is -2.21. The van der Waals surface area contributed by atoms with Gasteiger partial charge in [0.15, 0.2) is 5.58 Å². The van der Waals surface area contributed by atoms with E-state index in [1.165, 1.54) is 60.8 Å². The number of hydrogen-bond acceptors (Lipinski definition) is 1. The van der Waals surface area contributed by atoms with Gasteiger partial charge in [0, 0.05) is 43.6 Å². The predicted molar refractivity (Wildman–Crippen MR) is 182 cm³/mol. The van der Waals surface area contributed by atoms with Gasteiger partial charge in [-0.3, -0.25) is 0 Å². The Morgan fingerprint density at radius 3 is 1.95 bits per heavy atom. The lowest BCUT2D eigenvalue weighted by molar-refractivity contribution is 0.663. The Morgan fingerprint density at radius 2 is 1.16 bits per heavy atom. The van der Waals surface area contributed by atoms with Crippen LogP contribution in [0.5, 0.6) is 0 Å². The van der Waals surface area contributed by atoms with Crippen molar-refractivity contribution in [3.63, 3.8) is 0 Å². The molecule has 3 heteroatoms. The van der Waals surface area contributed by atoms with Gasteiger partial charge in [0.1, 0.15) is 5.58 Å². The van der Waals surface area contributed by atoms with Gasteiger partial charge in [-0.1, -0.05) is 105 Å². The predicted octanol–water partition coefficient (Wildman–Crippen LogP) is 10.9. The Hall–Kier alpha value is -5.54. The zero-order valence-electron chi connectivity index (χ0n) is 24.5. The number of benzene rings is 6. The molecule has 0 saturated carbocycles. The van der Waals surface area contributed by atoms with Gasteiger partial charge in [0.2, 0.25) is 0 Å². The van der Waals surface area contributed by atoms with Crippen molar-refractivity contribution in [1.82, 2.24) is 9.13 Å². The highest BCUT2D eigenvalue weighted by molar-refractivity contribution is 6.11. The van der Waals surface area contributed by atoms with Crippen LogP contribution in [-0.2, 0) is 5.41 Å². The molecule has 0 N–H and O–H groups in total. The van der Waals surface area contributed by atoms with Crippen molar-refractivity contribution < 1.29 is 4.42 Å². The minimum Gasteiger partial charge on any atom is -0.454 e. The van der Waals surface area contributed by atoms with Gasteiger partial charge >= 0.3 is 0 Å². The van der Waals surface area contributed by atoms with Crippen LogP contribution in [0, 0.1) is 0 Å². The fourth-order valence-corrected chi connectivity index (χ4v) is 8.03. The lowest BCUT2D eigenvalue weighted by Crippen LogP contribution is -2.14. The van der Waals surface area contributed by atoms with Gasteiger partial charge in [-0.25, -0.2) is 0 Å². The second kappa shape index (κ2) is 8.30. The van der Waals surface area contributed by atoms with Gasteiger partial charge in [-0.15, -0.1) is 0 Å². The SMILES string of the molecule is CC1(C)c2ccccc2-c2c1c1cc(-n3c4ccccc4c4ccccc43)ccc1n2-c1cccc2c1oc1ccccc12. The van der Waals surface area contributed by atoms with E-state index in [2.05, 4.69) is 150 Å². The molecule has 6 aromatic carbocycles. The minimum absolute atomic E-state index is 0.170. The molecule has 9 aromatic rings. The quantitative estimate of drug-likeness (QED) is 0.205. The summed E-state index contributed by atoms with van der Waals surface area (Å²) >= 11 is 0. The van der Waals surface area contributed by atoms with Crippen molar-refractivity contribution in [2.24, 2.45) is 0 Å². The number of fused-ring (bicyclic) bond motifs is 11. The van der Waals surface area contributed by atoms with E-state index in [0.717, 1.165) is 27.6 Å². The Bertz CT molecular complexity index is 2590. The van der Waals surface area contributed by atoms with Gasteiger partial charge in [-0.05, 0) is 53.6 Å². The van der Waals surface area contributed by atoms with Crippen molar-refractivity contribution in [3.05, 3.63) is 145 Å². The molecule has 0 amide bonds. The molecule has 0 unspecified atom stereocenters. The van der Waals surface area contributed by atoms with E-state index in [0.29, 0.717) is 0 Å². The molecular formula is C41H28N2O. The molecule has 0 spiro atoms. The highest BCUT2D eigenvalue weighted by Gasteiger charge is 2.41. The molecule has 0 atom stereocenters. The van der Waals surface area contributed by atoms with E-state index < -0.39 is 0 Å². The molecule has 1 aliphatic carbocycles. The molecule has 3 aromatic heterocycles. The van der Waals surface area contributed by atoms with Crippen molar-refractivity contribution in [2.45, 2.75) is 19.3 Å². The molecule has 0 fully saturated rings. The molecule has 0 radical (unpaired) electrons. The maximum Gasteiger partial charge on any atom is 0.159 e. The van der Waals surface area contributed by atoms with Crippen LogP contribution < -0.4 is 0 Å². The first-order valence-electron chi connectivity index (χ1n) is 15.3. The van der Waals surface area contributed by atoms with Gasteiger partial charge in [-0.2, -0.15) is 0 Å². The van der Waals surface area contributed by atoms with E-state index in [4.69, 9.17) is 4.42 Å². The molecule has 0 saturated heterocycles. The maximum atomic E-state index is 6.61. The monoisotopic (exact) mass is 564 g/mol. The Balaban J connectivity index is 1.35.